The number of primary amides is 1. The molecule has 1 aromatic carbocycles. The number of fused-ring (bicyclic) bond motifs is 2. The highest BCUT2D eigenvalue weighted by molar-refractivity contribution is 5.95. The molecule has 2 amide bonds. The van der Waals surface area contributed by atoms with Crippen LogP contribution in [0, 0.1) is 24.7 Å². The van der Waals surface area contributed by atoms with Gasteiger partial charge in [0, 0.05) is 30.6 Å². The van der Waals surface area contributed by atoms with E-state index in [1.54, 1.807) is 4.90 Å². The minimum atomic E-state index is -0.381. The van der Waals surface area contributed by atoms with Crippen LogP contribution < -0.4 is 16.4 Å². The van der Waals surface area contributed by atoms with Gasteiger partial charge in [-0.25, -0.2) is 0 Å². The van der Waals surface area contributed by atoms with Crippen molar-refractivity contribution in [3.8, 4) is 0 Å². The number of hydrogen-bond donors (Lipinski definition) is 2. The highest BCUT2D eigenvalue weighted by Gasteiger charge is 2.41. The molecule has 2 aliphatic rings. The average Bonchev–Trinajstić information content (AvgIpc) is 2.54. The van der Waals surface area contributed by atoms with Gasteiger partial charge in [-0.15, -0.1) is 0 Å². The summed E-state index contributed by atoms with van der Waals surface area (Å²) < 4.78 is 0. The largest absolute Gasteiger partial charge is 0.370 e. The van der Waals surface area contributed by atoms with E-state index in [-0.39, 0.29) is 30.2 Å². The first-order valence-corrected chi connectivity index (χ1v) is 9.37. The predicted octanol–water partition coefficient (Wildman–Crippen LogP) is 2.36. The molecule has 2 fully saturated rings. The Hall–Kier alpha value is -1.88. The van der Waals surface area contributed by atoms with Crippen LogP contribution >= 0.6 is 0 Å². The molecule has 0 radical (unpaired) electrons. The predicted molar refractivity (Wildman–Crippen MR) is 98.9 cm³/mol. The number of amides is 2. The third kappa shape index (κ3) is 4.03. The molecule has 2 bridgehead atoms. The number of nitrogens with zero attached hydrogens (tertiary/aromatic N) is 1. The maximum atomic E-state index is 13.3. The van der Waals surface area contributed by atoms with Crippen molar-refractivity contribution in [3.05, 3.63) is 29.8 Å². The summed E-state index contributed by atoms with van der Waals surface area (Å²) in [5, 5.41) is 0. The van der Waals surface area contributed by atoms with Gasteiger partial charge in [-0.05, 0) is 62.1 Å². The van der Waals surface area contributed by atoms with Gasteiger partial charge < -0.3 is 16.4 Å². The Morgan fingerprint density at radius 3 is 2.48 bits per heavy atom. The fraction of sp³-hybridized carbons (Fsp3) is 0.600. The zero-order valence-corrected chi connectivity index (χ0v) is 15.0. The summed E-state index contributed by atoms with van der Waals surface area (Å²) in [7, 11) is 0. The van der Waals surface area contributed by atoms with Crippen LogP contribution in [0.3, 0.4) is 0 Å². The van der Waals surface area contributed by atoms with Gasteiger partial charge in [0.05, 0.1) is 0 Å². The van der Waals surface area contributed by atoms with Crippen molar-refractivity contribution in [3.63, 3.8) is 0 Å². The van der Waals surface area contributed by atoms with Crippen LogP contribution in [0.4, 0.5) is 5.69 Å². The minimum Gasteiger partial charge on any atom is -0.370 e. The summed E-state index contributed by atoms with van der Waals surface area (Å²) >= 11 is 0. The van der Waals surface area contributed by atoms with E-state index in [4.69, 9.17) is 11.5 Å². The van der Waals surface area contributed by atoms with E-state index in [1.807, 2.05) is 31.2 Å². The van der Waals surface area contributed by atoms with Gasteiger partial charge in [0.1, 0.15) is 0 Å². The molecule has 0 aliphatic heterocycles. The molecule has 5 heteroatoms. The quantitative estimate of drug-likeness (QED) is 0.860. The van der Waals surface area contributed by atoms with Crippen LogP contribution in [0.1, 0.15) is 44.1 Å². The summed E-state index contributed by atoms with van der Waals surface area (Å²) in [6.07, 6.45) is 5.41. The summed E-state index contributed by atoms with van der Waals surface area (Å²) in [6.45, 7) is 2.35. The first-order chi connectivity index (χ1) is 12.0. The van der Waals surface area contributed by atoms with Gasteiger partial charge in [0.15, 0.2) is 0 Å². The summed E-state index contributed by atoms with van der Waals surface area (Å²) in [5.74, 6) is 0.654. The van der Waals surface area contributed by atoms with E-state index in [2.05, 4.69) is 0 Å². The van der Waals surface area contributed by atoms with Crippen LogP contribution in [-0.4, -0.2) is 24.4 Å². The lowest BCUT2D eigenvalue weighted by molar-refractivity contribution is -0.125. The van der Waals surface area contributed by atoms with Crippen LogP contribution in [-0.2, 0) is 9.59 Å². The van der Waals surface area contributed by atoms with Gasteiger partial charge in [-0.1, -0.05) is 18.6 Å². The Morgan fingerprint density at radius 1 is 1.20 bits per heavy atom. The van der Waals surface area contributed by atoms with E-state index in [0.717, 1.165) is 36.9 Å². The standard InChI is InChI=1S/C20H29N3O2/c1-13-4-2-7-17(10-13)23(9-8-18(21)24)20(25)16-11-14-5-3-6-15(12-16)19(14)22/h2,4,7,10,14-16,19H,3,5-6,8-9,11-12,22H2,1H3,(H2,21,24). The maximum Gasteiger partial charge on any atom is 0.230 e. The van der Waals surface area contributed by atoms with E-state index in [0.29, 0.717) is 18.4 Å². The van der Waals surface area contributed by atoms with Crippen molar-refractivity contribution >= 4 is 17.5 Å². The molecule has 5 nitrogen and oxygen atoms in total. The number of aryl methyl sites for hydroxylation is 1. The zero-order chi connectivity index (χ0) is 18.0. The van der Waals surface area contributed by atoms with Crippen LogP contribution in [0.2, 0.25) is 0 Å². The monoisotopic (exact) mass is 343 g/mol. The lowest BCUT2D eigenvalue weighted by atomic mass is 9.65. The Morgan fingerprint density at radius 2 is 1.88 bits per heavy atom. The number of hydrogen-bond acceptors (Lipinski definition) is 3. The molecule has 2 atom stereocenters. The summed E-state index contributed by atoms with van der Waals surface area (Å²) in [5.41, 5.74) is 13.6. The molecule has 4 N–H and O–H groups in total. The van der Waals surface area contributed by atoms with Gasteiger partial charge in [0.2, 0.25) is 11.8 Å². The lowest BCUT2D eigenvalue weighted by Gasteiger charge is -2.44. The Labute approximate surface area is 149 Å². The normalized spacial score (nSPS) is 28.4. The number of benzene rings is 1. The summed E-state index contributed by atoms with van der Waals surface area (Å²) in [4.78, 5) is 26.3. The summed E-state index contributed by atoms with van der Waals surface area (Å²) in [6, 6.07) is 8.12. The van der Waals surface area contributed by atoms with Crippen molar-refractivity contribution in [2.45, 2.75) is 51.5 Å². The molecule has 0 spiro atoms. The smallest absolute Gasteiger partial charge is 0.230 e. The first-order valence-electron chi connectivity index (χ1n) is 9.37. The third-order valence-electron chi connectivity index (χ3n) is 5.92. The van der Waals surface area contributed by atoms with Gasteiger partial charge in [-0.3, -0.25) is 9.59 Å². The van der Waals surface area contributed by atoms with E-state index in [9.17, 15) is 9.59 Å². The van der Waals surface area contributed by atoms with Gasteiger partial charge in [-0.2, -0.15) is 0 Å². The SMILES string of the molecule is Cc1cccc(N(CCC(N)=O)C(=O)C2CC3CCCC(C2)C3N)c1. The molecular weight excluding hydrogens is 314 g/mol. The molecule has 2 unspecified atom stereocenters. The van der Waals surface area contributed by atoms with Gasteiger partial charge >= 0.3 is 0 Å². The van der Waals surface area contributed by atoms with E-state index in [1.165, 1.54) is 6.42 Å². The number of nitrogens with two attached hydrogens (primary N) is 2. The maximum absolute atomic E-state index is 13.3. The van der Waals surface area contributed by atoms with Crippen molar-refractivity contribution in [2.75, 3.05) is 11.4 Å². The fourth-order valence-corrected chi connectivity index (χ4v) is 4.60. The molecule has 0 saturated heterocycles. The average molecular weight is 343 g/mol. The topological polar surface area (TPSA) is 89.4 Å². The molecule has 3 rings (SSSR count). The molecule has 1 aromatic rings. The zero-order valence-electron chi connectivity index (χ0n) is 15.0. The molecule has 0 aromatic heterocycles. The number of carbonyl (C=O) groups excluding carboxylic acids is 2. The van der Waals surface area contributed by atoms with Gasteiger partial charge in [0.25, 0.3) is 0 Å². The second-order valence-corrected chi connectivity index (χ2v) is 7.74. The molecule has 2 aliphatic carbocycles. The second kappa shape index (κ2) is 7.56. The number of anilines is 1. The second-order valence-electron chi connectivity index (χ2n) is 7.74. The Bertz CT molecular complexity index is 632. The number of carbonyl (C=O) groups is 2. The van der Waals surface area contributed by atoms with E-state index >= 15 is 0 Å². The molecular formula is C20H29N3O2. The van der Waals surface area contributed by atoms with Crippen LogP contribution in [0.5, 0.6) is 0 Å². The van der Waals surface area contributed by atoms with E-state index < -0.39 is 0 Å². The number of rotatable bonds is 5. The highest BCUT2D eigenvalue weighted by atomic mass is 16.2. The van der Waals surface area contributed by atoms with Crippen molar-refractivity contribution in [1.29, 1.82) is 0 Å². The van der Waals surface area contributed by atoms with Crippen LogP contribution in [0.25, 0.3) is 0 Å². The van der Waals surface area contributed by atoms with Crippen molar-refractivity contribution in [2.24, 2.45) is 29.2 Å². The van der Waals surface area contributed by atoms with Crippen LogP contribution in [0.15, 0.2) is 24.3 Å². The fourth-order valence-electron chi connectivity index (χ4n) is 4.60. The Kier molecular flexibility index (Phi) is 5.42. The third-order valence-corrected chi connectivity index (χ3v) is 5.92. The van der Waals surface area contributed by atoms with Crippen molar-refractivity contribution < 1.29 is 9.59 Å². The first kappa shape index (κ1) is 17.9. The Balaban J connectivity index is 1.80. The van der Waals surface area contributed by atoms with Crippen molar-refractivity contribution in [1.82, 2.24) is 0 Å². The molecule has 25 heavy (non-hydrogen) atoms. The lowest BCUT2D eigenvalue weighted by Crippen LogP contribution is -2.50. The molecule has 136 valence electrons. The minimum absolute atomic E-state index is 0.00323. The molecule has 2 saturated carbocycles. The molecule has 0 heterocycles. The highest BCUT2D eigenvalue weighted by Crippen LogP contribution is 2.42.